The van der Waals surface area contributed by atoms with Crippen molar-refractivity contribution in [2.24, 2.45) is 0 Å². The number of aliphatic hydroxyl groups excluding tert-OH is 1. The van der Waals surface area contributed by atoms with Crippen LogP contribution in [0.2, 0.25) is 0 Å². The lowest BCUT2D eigenvalue weighted by molar-refractivity contribution is 0.399. The minimum absolute atomic E-state index is 1.00. The minimum atomic E-state index is 1.00. The fourth-order valence-electron chi connectivity index (χ4n) is 0.742. The van der Waals surface area contributed by atoms with Gasteiger partial charge in [-0.05, 0) is 12.8 Å². The largest absolute Gasteiger partial charge is 0.400 e. The van der Waals surface area contributed by atoms with Gasteiger partial charge >= 0.3 is 0 Å². The average Bonchev–Trinajstić information content (AvgIpc) is 2.24. The van der Waals surface area contributed by atoms with Gasteiger partial charge in [0.1, 0.15) is 0 Å². The van der Waals surface area contributed by atoms with E-state index in [9.17, 15) is 0 Å². The summed E-state index contributed by atoms with van der Waals surface area (Å²) in [6.45, 7) is 2.56. The number of nitrogens with zero attached hydrogens (tertiary/aromatic N) is 1. The van der Waals surface area contributed by atoms with Crippen molar-refractivity contribution in [3.8, 4) is 0 Å². The summed E-state index contributed by atoms with van der Waals surface area (Å²) in [6.07, 6.45) is 2.78. The SMILES string of the molecule is CO.PN1CCCC1. The molecule has 1 unspecified atom stereocenters. The Labute approximate surface area is 53.1 Å². The molecule has 0 aromatic carbocycles. The zero-order valence-corrected chi connectivity index (χ0v) is 6.45. The summed E-state index contributed by atoms with van der Waals surface area (Å²) in [5.74, 6) is 0. The van der Waals surface area contributed by atoms with Gasteiger partial charge in [0, 0.05) is 20.2 Å². The molecule has 0 amide bonds. The normalized spacial score (nSPS) is 19.9. The molecule has 0 aliphatic carbocycles. The molecule has 3 heteroatoms. The highest BCUT2D eigenvalue weighted by molar-refractivity contribution is 7.13. The number of hydrogen-bond acceptors (Lipinski definition) is 2. The first-order valence-corrected chi connectivity index (χ1v) is 3.35. The topological polar surface area (TPSA) is 23.5 Å². The molecule has 1 fully saturated rings. The Hall–Kier alpha value is 0.350. The van der Waals surface area contributed by atoms with Crippen molar-refractivity contribution in [3.63, 3.8) is 0 Å². The first-order chi connectivity index (χ1) is 3.89. The van der Waals surface area contributed by atoms with Gasteiger partial charge in [0.25, 0.3) is 0 Å². The van der Waals surface area contributed by atoms with Crippen molar-refractivity contribution in [3.05, 3.63) is 0 Å². The van der Waals surface area contributed by atoms with Gasteiger partial charge in [-0.2, -0.15) is 0 Å². The van der Waals surface area contributed by atoms with Crippen LogP contribution in [0.15, 0.2) is 0 Å². The van der Waals surface area contributed by atoms with Gasteiger partial charge in [0.2, 0.25) is 0 Å². The van der Waals surface area contributed by atoms with E-state index in [1.165, 1.54) is 25.9 Å². The van der Waals surface area contributed by atoms with E-state index in [2.05, 4.69) is 14.1 Å². The number of aliphatic hydroxyl groups is 1. The van der Waals surface area contributed by atoms with Gasteiger partial charge in [-0.25, -0.2) is 0 Å². The van der Waals surface area contributed by atoms with E-state index in [0.29, 0.717) is 0 Å². The summed E-state index contributed by atoms with van der Waals surface area (Å²) in [7, 11) is 3.71. The van der Waals surface area contributed by atoms with Crippen molar-refractivity contribution in [1.29, 1.82) is 0 Å². The van der Waals surface area contributed by atoms with E-state index in [1.807, 2.05) is 0 Å². The maximum Gasteiger partial charge on any atom is 0.0319 e. The zero-order chi connectivity index (χ0) is 6.41. The molecule has 8 heavy (non-hydrogen) atoms. The van der Waals surface area contributed by atoms with Crippen LogP contribution in [0.25, 0.3) is 0 Å². The van der Waals surface area contributed by atoms with E-state index in [1.54, 1.807) is 0 Å². The second kappa shape index (κ2) is 5.49. The second-order valence-corrected chi connectivity index (χ2v) is 2.47. The van der Waals surface area contributed by atoms with Crippen molar-refractivity contribution in [2.45, 2.75) is 12.8 Å². The fraction of sp³-hybridized carbons (Fsp3) is 1.00. The zero-order valence-electron chi connectivity index (χ0n) is 5.30. The van der Waals surface area contributed by atoms with Crippen LogP contribution in [0.4, 0.5) is 0 Å². The molecule has 1 aliphatic heterocycles. The Morgan fingerprint density at radius 1 is 1.25 bits per heavy atom. The predicted molar refractivity (Wildman–Crippen MR) is 38.7 cm³/mol. The summed E-state index contributed by atoms with van der Waals surface area (Å²) < 4.78 is 2.28. The predicted octanol–water partition coefficient (Wildman–Crippen LogP) is 0.481. The lowest BCUT2D eigenvalue weighted by Crippen LogP contribution is -2.01. The highest BCUT2D eigenvalue weighted by atomic mass is 31.0. The molecule has 1 N–H and O–H groups in total. The van der Waals surface area contributed by atoms with E-state index in [-0.39, 0.29) is 0 Å². The van der Waals surface area contributed by atoms with E-state index >= 15 is 0 Å². The van der Waals surface area contributed by atoms with Gasteiger partial charge in [-0.1, -0.05) is 9.39 Å². The summed E-state index contributed by atoms with van der Waals surface area (Å²) >= 11 is 0. The maximum absolute atomic E-state index is 7.00. The monoisotopic (exact) mass is 135 g/mol. The summed E-state index contributed by atoms with van der Waals surface area (Å²) in [4.78, 5) is 0. The Balaban J connectivity index is 0.000000222. The van der Waals surface area contributed by atoms with Crippen LogP contribution in [0.3, 0.4) is 0 Å². The Kier molecular flexibility index (Phi) is 5.73. The third kappa shape index (κ3) is 3.36. The van der Waals surface area contributed by atoms with Crippen LogP contribution >= 0.6 is 9.39 Å². The van der Waals surface area contributed by atoms with Crippen LogP contribution in [-0.2, 0) is 0 Å². The molecule has 1 heterocycles. The first-order valence-electron chi connectivity index (χ1n) is 2.84. The minimum Gasteiger partial charge on any atom is -0.400 e. The summed E-state index contributed by atoms with van der Waals surface area (Å²) in [6, 6.07) is 0. The standard InChI is InChI=1S/C4H10NP.CH4O/c6-5-3-1-2-4-5;1-2/h1-4,6H2;2H,1H3. The average molecular weight is 135 g/mol. The Morgan fingerprint density at radius 2 is 1.62 bits per heavy atom. The first kappa shape index (κ1) is 8.35. The van der Waals surface area contributed by atoms with Gasteiger partial charge in [-0.3, -0.25) is 4.67 Å². The maximum atomic E-state index is 7.00. The van der Waals surface area contributed by atoms with E-state index in [0.717, 1.165) is 7.11 Å². The van der Waals surface area contributed by atoms with Gasteiger partial charge in [-0.15, -0.1) is 0 Å². The van der Waals surface area contributed by atoms with Crippen LogP contribution in [-0.4, -0.2) is 30.0 Å². The molecular formula is C5H14NOP. The lowest BCUT2D eigenvalue weighted by atomic mass is 10.4. The van der Waals surface area contributed by atoms with E-state index in [4.69, 9.17) is 5.11 Å². The molecule has 0 radical (unpaired) electrons. The molecule has 0 spiro atoms. The van der Waals surface area contributed by atoms with Crippen molar-refractivity contribution >= 4 is 9.39 Å². The molecule has 0 bridgehead atoms. The van der Waals surface area contributed by atoms with Crippen LogP contribution in [0, 0.1) is 0 Å². The van der Waals surface area contributed by atoms with E-state index < -0.39 is 0 Å². The van der Waals surface area contributed by atoms with Gasteiger partial charge in [0.15, 0.2) is 0 Å². The van der Waals surface area contributed by atoms with Crippen LogP contribution < -0.4 is 0 Å². The Bertz CT molecular complexity index is 45.7. The molecule has 0 saturated carbocycles. The molecule has 0 aromatic rings. The van der Waals surface area contributed by atoms with Crippen LogP contribution in [0.1, 0.15) is 12.8 Å². The van der Waals surface area contributed by atoms with Gasteiger partial charge < -0.3 is 5.11 Å². The molecular weight excluding hydrogens is 121 g/mol. The number of rotatable bonds is 0. The van der Waals surface area contributed by atoms with Crippen LogP contribution in [0.5, 0.6) is 0 Å². The molecule has 1 rings (SSSR count). The van der Waals surface area contributed by atoms with Crippen molar-refractivity contribution in [1.82, 2.24) is 4.67 Å². The van der Waals surface area contributed by atoms with Crippen molar-refractivity contribution in [2.75, 3.05) is 20.2 Å². The lowest BCUT2D eigenvalue weighted by Gasteiger charge is -2.00. The summed E-state index contributed by atoms with van der Waals surface area (Å²) in [5.41, 5.74) is 0. The van der Waals surface area contributed by atoms with Gasteiger partial charge in [0.05, 0.1) is 0 Å². The van der Waals surface area contributed by atoms with Crippen molar-refractivity contribution < 1.29 is 5.11 Å². The molecule has 1 aliphatic rings. The third-order valence-corrected chi connectivity index (χ3v) is 1.66. The molecule has 0 aromatic heterocycles. The highest BCUT2D eigenvalue weighted by Crippen LogP contribution is 2.10. The molecule has 1 saturated heterocycles. The highest BCUT2D eigenvalue weighted by Gasteiger charge is 2.03. The molecule has 50 valence electrons. The molecule has 1 atom stereocenters. The molecule has 2 nitrogen and oxygen atoms in total. The Morgan fingerprint density at radius 3 is 1.75 bits per heavy atom. The smallest absolute Gasteiger partial charge is 0.0319 e. The quantitative estimate of drug-likeness (QED) is 0.488. The number of hydrogen-bond donors (Lipinski definition) is 1. The second-order valence-electron chi connectivity index (χ2n) is 1.74. The summed E-state index contributed by atoms with van der Waals surface area (Å²) in [5, 5.41) is 7.00. The third-order valence-electron chi connectivity index (χ3n) is 1.14. The fourth-order valence-corrected chi connectivity index (χ4v) is 1.11.